The summed E-state index contributed by atoms with van der Waals surface area (Å²) in [6, 6.07) is 0. The molecule has 0 aromatic rings. The third kappa shape index (κ3) is 11.4. The first kappa shape index (κ1) is 15.3. The molecule has 0 rings (SSSR count). The van der Waals surface area contributed by atoms with Crippen LogP contribution in [0.25, 0.3) is 0 Å². The van der Waals surface area contributed by atoms with Crippen molar-refractivity contribution in [2.75, 3.05) is 13.6 Å². The molecule has 0 heterocycles. The zero-order valence-electron chi connectivity index (χ0n) is 11.8. The van der Waals surface area contributed by atoms with Crippen molar-refractivity contribution in [3.8, 4) is 0 Å². The minimum absolute atomic E-state index is 0.380. The van der Waals surface area contributed by atoms with Crippen molar-refractivity contribution in [1.29, 1.82) is 0 Å². The summed E-state index contributed by atoms with van der Waals surface area (Å²) in [6.07, 6.45) is 13.9. The summed E-state index contributed by atoms with van der Waals surface area (Å²) in [4.78, 5) is 2.28. The Morgan fingerprint density at radius 2 is 1.56 bits per heavy atom. The highest BCUT2D eigenvalue weighted by Gasteiger charge is 2.10. The minimum Gasteiger partial charge on any atom is -0.380 e. The summed E-state index contributed by atoms with van der Waals surface area (Å²) < 4.78 is 0. The first-order chi connectivity index (χ1) is 7.45. The predicted octanol–water partition coefficient (Wildman–Crippen LogP) is 4.61. The van der Waals surface area contributed by atoms with Crippen LogP contribution in [0.1, 0.15) is 53.4 Å². The third-order valence-electron chi connectivity index (χ3n) is 2.31. The molecule has 0 aliphatic heterocycles. The molecule has 0 aromatic carbocycles. The van der Waals surface area contributed by atoms with Gasteiger partial charge in [-0.05, 0) is 44.2 Å². The van der Waals surface area contributed by atoms with Crippen molar-refractivity contribution in [3.05, 3.63) is 24.4 Å². The lowest BCUT2D eigenvalue weighted by molar-refractivity contribution is 0.285. The maximum Gasteiger partial charge on any atom is 0.0217 e. The lowest BCUT2D eigenvalue weighted by atomic mass is 9.96. The molecule has 0 fully saturated rings. The van der Waals surface area contributed by atoms with Crippen LogP contribution in [0.2, 0.25) is 0 Å². The van der Waals surface area contributed by atoms with E-state index in [0.29, 0.717) is 5.41 Å². The molecule has 0 radical (unpaired) electrons. The topological polar surface area (TPSA) is 3.24 Å². The Balaban J connectivity index is 3.52. The molecular formula is C15H29N. The van der Waals surface area contributed by atoms with E-state index in [-0.39, 0.29) is 0 Å². The van der Waals surface area contributed by atoms with Gasteiger partial charge in [0.25, 0.3) is 0 Å². The zero-order chi connectivity index (χ0) is 12.4. The smallest absolute Gasteiger partial charge is 0.0217 e. The van der Waals surface area contributed by atoms with Crippen molar-refractivity contribution >= 4 is 0 Å². The Kier molecular flexibility index (Phi) is 8.05. The van der Waals surface area contributed by atoms with Crippen LogP contribution >= 0.6 is 0 Å². The summed E-state index contributed by atoms with van der Waals surface area (Å²) in [5.41, 5.74) is 0.380. The van der Waals surface area contributed by atoms with E-state index in [1.165, 1.54) is 25.7 Å². The maximum atomic E-state index is 2.29. The van der Waals surface area contributed by atoms with Crippen LogP contribution in [0.3, 0.4) is 0 Å². The molecule has 0 spiro atoms. The highest BCUT2D eigenvalue weighted by molar-refractivity contribution is 4.83. The molecule has 0 aliphatic rings. The molecule has 0 atom stereocenters. The van der Waals surface area contributed by atoms with Crippen molar-refractivity contribution < 1.29 is 0 Å². The average Bonchev–Trinajstić information content (AvgIpc) is 2.13. The van der Waals surface area contributed by atoms with Gasteiger partial charge in [-0.1, -0.05) is 39.0 Å². The van der Waals surface area contributed by atoms with Crippen LogP contribution in [0.15, 0.2) is 24.4 Å². The fourth-order valence-electron chi connectivity index (χ4n) is 1.75. The van der Waals surface area contributed by atoms with E-state index in [0.717, 1.165) is 6.54 Å². The van der Waals surface area contributed by atoms with Gasteiger partial charge in [-0.25, -0.2) is 0 Å². The molecule has 0 saturated heterocycles. The molecule has 0 unspecified atom stereocenters. The Hall–Kier alpha value is -0.720. The van der Waals surface area contributed by atoms with Gasteiger partial charge in [0.2, 0.25) is 0 Å². The second kappa shape index (κ2) is 8.43. The van der Waals surface area contributed by atoms with E-state index in [1.807, 2.05) is 0 Å². The van der Waals surface area contributed by atoms with E-state index in [1.54, 1.807) is 0 Å². The van der Waals surface area contributed by atoms with Gasteiger partial charge >= 0.3 is 0 Å². The molecule has 94 valence electrons. The molecule has 1 heteroatoms. The fraction of sp³-hybridized carbons (Fsp3) is 0.733. The van der Waals surface area contributed by atoms with Crippen molar-refractivity contribution in [2.45, 2.75) is 53.4 Å². The predicted molar refractivity (Wildman–Crippen MR) is 74.5 cm³/mol. The van der Waals surface area contributed by atoms with Gasteiger partial charge < -0.3 is 4.90 Å². The van der Waals surface area contributed by atoms with Gasteiger partial charge in [0, 0.05) is 13.6 Å². The average molecular weight is 223 g/mol. The molecular weight excluding hydrogens is 194 g/mol. The molecule has 0 amide bonds. The highest BCUT2D eigenvalue weighted by atomic mass is 15.1. The molecule has 0 N–H and O–H groups in total. The molecule has 1 nitrogen and oxygen atoms in total. The van der Waals surface area contributed by atoms with E-state index < -0.39 is 0 Å². The Labute approximate surface area is 102 Å². The fourth-order valence-corrected chi connectivity index (χ4v) is 1.75. The summed E-state index contributed by atoms with van der Waals surface area (Å²) >= 11 is 0. The van der Waals surface area contributed by atoms with E-state index in [2.05, 4.69) is 64.1 Å². The van der Waals surface area contributed by atoms with Crippen LogP contribution in [0, 0.1) is 5.41 Å². The molecule has 0 saturated carbocycles. The summed E-state index contributed by atoms with van der Waals surface area (Å²) in [5, 5.41) is 0. The minimum atomic E-state index is 0.380. The molecule has 0 aliphatic carbocycles. The Morgan fingerprint density at radius 3 is 2.06 bits per heavy atom. The van der Waals surface area contributed by atoms with Crippen LogP contribution < -0.4 is 0 Å². The first-order valence-corrected chi connectivity index (χ1v) is 6.44. The maximum absolute atomic E-state index is 2.29. The Morgan fingerprint density at radius 1 is 1.00 bits per heavy atom. The van der Waals surface area contributed by atoms with Crippen LogP contribution in [-0.4, -0.2) is 18.5 Å². The first-order valence-electron chi connectivity index (χ1n) is 6.44. The van der Waals surface area contributed by atoms with Crippen molar-refractivity contribution in [1.82, 2.24) is 4.90 Å². The van der Waals surface area contributed by atoms with Gasteiger partial charge in [0.05, 0.1) is 0 Å². The Bertz CT molecular complexity index is 208. The van der Waals surface area contributed by atoms with Crippen molar-refractivity contribution in [2.24, 2.45) is 5.41 Å². The monoisotopic (exact) mass is 223 g/mol. The highest BCUT2D eigenvalue weighted by Crippen LogP contribution is 2.14. The quantitative estimate of drug-likeness (QED) is 0.450. The second-order valence-corrected chi connectivity index (χ2v) is 5.71. The SMILES string of the molecule is C/C=C\CCCC/C=C\N(C)CC(C)(C)C. The number of allylic oxidation sites excluding steroid dienone is 3. The van der Waals surface area contributed by atoms with Crippen LogP contribution in [-0.2, 0) is 0 Å². The zero-order valence-corrected chi connectivity index (χ0v) is 11.8. The van der Waals surface area contributed by atoms with Crippen molar-refractivity contribution in [3.63, 3.8) is 0 Å². The summed E-state index contributed by atoms with van der Waals surface area (Å²) in [7, 11) is 2.15. The van der Waals surface area contributed by atoms with E-state index >= 15 is 0 Å². The van der Waals surface area contributed by atoms with Gasteiger partial charge in [0.15, 0.2) is 0 Å². The summed E-state index contributed by atoms with van der Waals surface area (Å²) in [5.74, 6) is 0. The lowest BCUT2D eigenvalue weighted by Gasteiger charge is -2.25. The van der Waals surface area contributed by atoms with E-state index in [9.17, 15) is 0 Å². The number of rotatable bonds is 7. The largest absolute Gasteiger partial charge is 0.380 e. The summed E-state index contributed by atoms with van der Waals surface area (Å²) in [6.45, 7) is 10.0. The van der Waals surface area contributed by atoms with Gasteiger partial charge in [-0.2, -0.15) is 0 Å². The van der Waals surface area contributed by atoms with Gasteiger partial charge in [-0.15, -0.1) is 0 Å². The van der Waals surface area contributed by atoms with E-state index in [4.69, 9.17) is 0 Å². The molecule has 0 aromatic heterocycles. The lowest BCUT2D eigenvalue weighted by Crippen LogP contribution is -2.24. The molecule has 16 heavy (non-hydrogen) atoms. The third-order valence-corrected chi connectivity index (χ3v) is 2.31. The van der Waals surface area contributed by atoms with Crippen LogP contribution in [0.5, 0.6) is 0 Å². The second-order valence-electron chi connectivity index (χ2n) is 5.71. The number of unbranched alkanes of at least 4 members (excludes halogenated alkanes) is 3. The number of hydrogen-bond acceptors (Lipinski definition) is 1. The number of nitrogens with zero attached hydrogens (tertiary/aromatic N) is 1. The van der Waals surface area contributed by atoms with Gasteiger partial charge in [-0.3, -0.25) is 0 Å². The van der Waals surface area contributed by atoms with Crippen LogP contribution in [0.4, 0.5) is 0 Å². The standard InChI is InChI=1S/C15H29N/c1-6-7-8-9-10-11-12-13-16(5)14-15(2,3)4/h6-7,12-13H,8-11,14H2,1-5H3/b7-6-,13-12-. The number of hydrogen-bond donors (Lipinski definition) is 0. The normalized spacial score (nSPS) is 12.8. The van der Waals surface area contributed by atoms with Gasteiger partial charge in [0.1, 0.15) is 0 Å². The molecule has 0 bridgehead atoms.